The van der Waals surface area contributed by atoms with Crippen molar-refractivity contribution in [3.63, 3.8) is 0 Å². The number of piperidine rings is 1. The molecule has 13 nitrogen and oxygen atoms in total. The largest absolute Gasteiger partial charge is 0.484 e. The van der Waals surface area contributed by atoms with Gasteiger partial charge in [-0.25, -0.2) is 9.79 Å². The van der Waals surface area contributed by atoms with Crippen molar-refractivity contribution in [3.05, 3.63) is 83.4 Å². The van der Waals surface area contributed by atoms with E-state index in [-0.39, 0.29) is 35.5 Å². The molecule has 7 N–H and O–H groups in total. The molecule has 1 aliphatic heterocycles. The molecule has 0 radical (unpaired) electrons. The Kier molecular flexibility index (Phi) is 11.0. The summed E-state index contributed by atoms with van der Waals surface area (Å²) < 4.78 is 9.76. The Hall–Kier alpha value is -4.91. The molecule has 2 atom stereocenters. The number of likely N-dealkylation sites (tertiary alicyclic amines) is 1. The second-order valence-corrected chi connectivity index (χ2v) is 13.3. The summed E-state index contributed by atoms with van der Waals surface area (Å²) in [6.07, 6.45) is 11.6. The number of benzene rings is 1. The maximum atomic E-state index is 13.4. The van der Waals surface area contributed by atoms with Gasteiger partial charge in [-0.2, -0.15) is 5.10 Å². The second kappa shape index (κ2) is 15.3. The van der Waals surface area contributed by atoms with Crippen LogP contribution in [0.15, 0.2) is 71.8 Å². The number of aliphatic imine (C=N–C) groups is 1. The fraction of sp³-hybridized carbons (Fsp3) is 0.457. The van der Waals surface area contributed by atoms with Crippen molar-refractivity contribution >= 4 is 23.5 Å². The molecule has 1 saturated heterocycles. The number of fused-ring (bicyclic) bond motifs is 1. The summed E-state index contributed by atoms with van der Waals surface area (Å²) in [5, 5.41) is 36.6. The quantitative estimate of drug-likeness (QED) is 0.151. The normalized spacial score (nSPS) is 18.6. The summed E-state index contributed by atoms with van der Waals surface area (Å²) in [6.45, 7) is 8.22. The van der Waals surface area contributed by atoms with E-state index in [2.05, 4.69) is 20.7 Å². The smallest absolute Gasteiger partial charge is 0.320 e. The minimum Gasteiger partial charge on any atom is -0.484 e. The zero-order valence-corrected chi connectivity index (χ0v) is 28.1. The van der Waals surface area contributed by atoms with Crippen LogP contribution in [0.1, 0.15) is 82.6 Å². The molecule has 1 fully saturated rings. The van der Waals surface area contributed by atoms with Gasteiger partial charge in [0, 0.05) is 43.4 Å². The summed E-state index contributed by atoms with van der Waals surface area (Å²) in [6, 6.07) is 10.7. The predicted octanol–water partition coefficient (Wildman–Crippen LogP) is 4.69. The average molecular weight is 657 g/mol. The molecule has 5 rings (SSSR count). The van der Waals surface area contributed by atoms with Gasteiger partial charge in [0.25, 0.3) is 0 Å². The lowest BCUT2D eigenvalue weighted by atomic mass is 9.85. The lowest BCUT2D eigenvalue weighted by Crippen LogP contribution is -2.43. The summed E-state index contributed by atoms with van der Waals surface area (Å²) >= 11 is 0. The van der Waals surface area contributed by atoms with Gasteiger partial charge in [-0.05, 0) is 61.8 Å². The molecule has 2 unspecified atom stereocenters. The number of nitrogens with zero attached hydrogens (tertiary/aromatic N) is 5. The number of pyridine rings is 1. The molecule has 1 aliphatic carbocycles. The molecule has 0 saturated carbocycles. The molecule has 0 bridgehead atoms. The fourth-order valence-electron chi connectivity index (χ4n) is 5.85. The number of hydrogen-bond donors (Lipinski definition) is 6. The van der Waals surface area contributed by atoms with Crippen LogP contribution in [0.3, 0.4) is 0 Å². The van der Waals surface area contributed by atoms with Crippen LogP contribution < -0.4 is 26.6 Å². The van der Waals surface area contributed by atoms with Gasteiger partial charge in [0.1, 0.15) is 28.9 Å². The van der Waals surface area contributed by atoms with E-state index in [1.165, 1.54) is 6.42 Å². The van der Waals surface area contributed by atoms with Gasteiger partial charge in [0.15, 0.2) is 0 Å². The standard InChI is InChI=1S/C35H48N10O3/c1-35(2,3)30(36)20-32(40-24-21-39-44(22-24)18-9-19-46)42-34(47)41-28-13-14-29(27-11-6-5-10-26(27)28)48-25-12-15-31(37)45(23-25)33(38)43-16-7-4-8-17-43/h5-6,10-12,15,20-23,28-29,37-38,46H,4,7-9,13-14,16-19,36H2,1-3H3,(H2,40,41,42,47)/b30-20-,37-31?,38-33?. The molecular formula is C35H48N10O3. The number of rotatable bonds is 8. The van der Waals surface area contributed by atoms with Gasteiger partial charge in [0.2, 0.25) is 5.96 Å². The van der Waals surface area contributed by atoms with E-state index >= 15 is 0 Å². The lowest BCUT2D eigenvalue weighted by Gasteiger charge is -2.33. The Morgan fingerprint density at radius 1 is 1.12 bits per heavy atom. The Morgan fingerprint density at radius 3 is 2.60 bits per heavy atom. The second-order valence-electron chi connectivity index (χ2n) is 13.3. The van der Waals surface area contributed by atoms with Crippen LogP contribution in [0.25, 0.3) is 0 Å². The first-order valence-electron chi connectivity index (χ1n) is 16.7. The molecule has 48 heavy (non-hydrogen) atoms. The number of nitrogens with two attached hydrogens (primary N) is 1. The number of allylic oxidation sites excluding steroid dienone is 1. The number of carbonyl (C=O) groups excluding carboxylic acids is 1. The SMILES string of the molecule is CC(C)(C)/C(N)=C/C(=Nc1cnn(CCCO)c1)NC(=O)NC1CCC(Oc2ccc(=N)n(C(=N)N3CCCCC3)c2)c2ccccc21. The summed E-state index contributed by atoms with van der Waals surface area (Å²) in [7, 11) is 0. The van der Waals surface area contributed by atoms with Crippen molar-refractivity contribution in [1.82, 2.24) is 29.9 Å². The first kappa shape index (κ1) is 34.4. The minimum atomic E-state index is -0.415. The molecular weight excluding hydrogens is 608 g/mol. The van der Waals surface area contributed by atoms with Gasteiger partial charge >= 0.3 is 6.03 Å². The predicted molar refractivity (Wildman–Crippen MR) is 185 cm³/mol. The molecule has 0 spiro atoms. The van der Waals surface area contributed by atoms with E-state index in [0.717, 1.165) is 37.1 Å². The number of nitrogens with one attached hydrogen (secondary N) is 4. The van der Waals surface area contributed by atoms with E-state index in [0.29, 0.717) is 48.9 Å². The summed E-state index contributed by atoms with van der Waals surface area (Å²) in [5.74, 6) is 1.16. The van der Waals surface area contributed by atoms with E-state index in [9.17, 15) is 4.79 Å². The van der Waals surface area contributed by atoms with Crippen LogP contribution in [0.2, 0.25) is 0 Å². The van der Waals surface area contributed by atoms with Crippen LogP contribution in [0.4, 0.5) is 10.5 Å². The average Bonchev–Trinajstić information content (AvgIpc) is 3.52. The highest BCUT2D eigenvalue weighted by atomic mass is 16.5. The van der Waals surface area contributed by atoms with Crippen LogP contribution in [0.5, 0.6) is 5.75 Å². The van der Waals surface area contributed by atoms with Crippen LogP contribution in [0, 0.1) is 16.2 Å². The third-order valence-corrected chi connectivity index (χ3v) is 8.64. The number of ether oxygens (including phenoxy) is 1. The maximum absolute atomic E-state index is 13.4. The molecule has 2 aliphatic rings. The Labute approximate surface area is 281 Å². The van der Waals surface area contributed by atoms with Gasteiger partial charge < -0.3 is 25.8 Å². The monoisotopic (exact) mass is 656 g/mol. The highest BCUT2D eigenvalue weighted by Gasteiger charge is 2.30. The number of aliphatic hydroxyl groups is 1. The Balaban J connectivity index is 1.30. The van der Waals surface area contributed by atoms with E-state index in [1.807, 2.05) is 49.9 Å². The number of hydrogen-bond acceptors (Lipinski definition) is 8. The van der Waals surface area contributed by atoms with Crippen molar-refractivity contribution in [1.29, 1.82) is 10.8 Å². The minimum absolute atomic E-state index is 0.0665. The third-order valence-electron chi connectivity index (χ3n) is 8.64. The highest BCUT2D eigenvalue weighted by Crippen LogP contribution is 2.38. The first-order chi connectivity index (χ1) is 23.0. The zero-order chi connectivity index (χ0) is 34.3. The number of urea groups is 1. The van der Waals surface area contributed by atoms with E-state index in [4.69, 9.17) is 26.4 Å². The van der Waals surface area contributed by atoms with Gasteiger partial charge in [-0.3, -0.25) is 25.4 Å². The van der Waals surface area contributed by atoms with Crippen LogP contribution in [-0.2, 0) is 6.54 Å². The number of carbonyl (C=O) groups is 1. The number of aromatic nitrogens is 3. The van der Waals surface area contributed by atoms with Crippen LogP contribution in [-0.4, -0.2) is 61.9 Å². The summed E-state index contributed by atoms with van der Waals surface area (Å²) in [4.78, 5) is 20.1. The molecule has 3 aromatic rings. The van der Waals surface area contributed by atoms with E-state index in [1.54, 1.807) is 46.0 Å². The molecule has 2 amide bonds. The molecule has 3 heterocycles. The molecule has 2 aromatic heterocycles. The van der Waals surface area contributed by atoms with Crippen molar-refractivity contribution in [3.8, 4) is 5.75 Å². The number of amides is 2. The Bertz CT molecular complexity index is 1710. The van der Waals surface area contributed by atoms with Gasteiger partial charge in [0.05, 0.1) is 24.6 Å². The molecule has 13 heteroatoms. The number of aliphatic hydroxyl groups excluding tert-OH is 1. The summed E-state index contributed by atoms with van der Waals surface area (Å²) in [5.41, 5.74) is 9.31. The Morgan fingerprint density at radius 2 is 1.88 bits per heavy atom. The topological polar surface area (TPSA) is 183 Å². The van der Waals surface area contributed by atoms with Crippen LogP contribution >= 0.6 is 0 Å². The number of amidine groups is 1. The lowest BCUT2D eigenvalue weighted by molar-refractivity contribution is 0.171. The van der Waals surface area contributed by atoms with Gasteiger partial charge in [-0.15, -0.1) is 0 Å². The first-order valence-corrected chi connectivity index (χ1v) is 16.7. The van der Waals surface area contributed by atoms with E-state index < -0.39 is 6.03 Å². The number of aryl methyl sites for hydroxylation is 1. The molecule has 1 aromatic carbocycles. The van der Waals surface area contributed by atoms with Crippen molar-refractivity contribution in [2.75, 3.05) is 19.7 Å². The highest BCUT2D eigenvalue weighted by molar-refractivity contribution is 6.05. The van der Waals surface area contributed by atoms with Gasteiger partial charge in [-0.1, -0.05) is 45.0 Å². The third kappa shape index (κ3) is 8.71. The molecule has 256 valence electrons. The maximum Gasteiger partial charge on any atom is 0.320 e. The van der Waals surface area contributed by atoms with Crippen molar-refractivity contribution in [2.45, 2.75) is 78.0 Å². The fourth-order valence-corrected chi connectivity index (χ4v) is 5.85. The van der Waals surface area contributed by atoms with Crippen molar-refractivity contribution < 1.29 is 14.6 Å². The zero-order valence-electron chi connectivity index (χ0n) is 28.1. The van der Waals surface area contributed by atoms with Crippen molar-refractivity contribution in [2.24, 2.45) is 16.1 Å².